The summed E-state index contributed by atoms with van der Waals surface area (Å²) >= 11 is 3.49. The van der Waals surface area contributed by atoms with E-state index in [2.05, 4.69) is 15.9 Å². The number of ether oxygens (including phenoxy) is 1. The lowest BCUT2D eigenvalue weighted by Crippen LogP contribution is -2.05. The SMILES string of the molecule is COc1ccc2nc(C(=O)c3ccc4ccccc4c3)cc(-c3ccc(Br)cc3)c2c1. The summed E-state index contributed by atoms with van der Waals surface area (Å²) in [5.74, 6) is 0.656. The molecule has 1 heterocycles. The largest absolute Gasteiger partial charge is 0.497 e. The number of carbonyl (C=O) groups excluding carboxylic acids is 1. The smallest absolute Gasteiger partial charge is 0.211 e. The Balaban J connectivity index is 1.69. The second-order valence-corrected chi connectivity index (χ2v) is 8.25. The van der Waals surface area contributed by atoms with Crippen molar-refractivity contribution in [1.29, 1.82) is 0 Å². The van der Waals surface area contributed by atoms with Crippen LogP contribution in [0.25, 0.3) is 32.8 Å². The van der Waals surface area contributed by atoms with Gasteiger partial charge in [-0.05, 0) is 64.4 Å². The van der Waals surface area contributed by atoms with E-state index in [-0.39, 0.29) is 5.78 Å². The van der Waals surface area contributed by atoms with Gasteiger partial charge in [-0.25, -0.2) is 4.98 Å². The van der Waals surface area contributed by atoms with Crippen LogP contribution in [0.3, 0.4) is 0 Å². The van der Waals surface area contributed by atoms with Gasteiger partial charge in [0.1, 0.15) is 11.4 Å². The highest BCUT2D eigenvalue weighted by atomic mass is 79.9. The van der Waals surface area contributed by atoms with Gasteiger partial charge >= 0.3 is 0 Å². The van der Waals surface area contributed by atoms with Crippen LogP contribution in [0.2, 0.25) is 0 Å². The molecule has 0 N–H and O–H groups in total. The topological polar surface area (TPSA) is 39.2 Å². The summed E-state index contributed by atoms with van der Waals surface area (Å²) in [6, 6.07) is 29.4. The van der Waals surface area contributed by atoms with Crippen molar-refractivity contribution in [1.82, 2.24) is 4.98 Å². The zero-order chi connectivity index (χ0) is 21.4. The second kappa shape index (κ2) is 7.97. The Hall–Kier alpha value is -3.50. The first-order chi connectivity index (χ1) is 15.1. The van der Waals surface area contributed by atoms with Crippen molar-refractivity contribution in [3.05, 3.63) is 107 Å². The first-order valence-electron chi connectivity index (χ1n) is 9.90. The number of methoxy groups -OCH3 is 1. The molecule has 0 atom stereocenters. The van der Waals surface area contributed by atoms with E-state index in [0.717, 1.165) is 43.0 Å². The summed E-state index contributed by atoms with van der Waals surface area (Å²) in [6.45, 7) is 0. The van der Waals surface area contributed by atoms with E-state index >= 15 is 0 Å². The average Bonchev–Trinajstić information content (AvgIpc) is 2.82. The number of pyridine rings is 1. The van der Waals surface area contributed by atoms with E-state index < -0.39 is 0 Å². The fourth-order valence-corrected chi connectivity index (χ4v) is 4.06. The molecule has 0 aliphatic heterocycles. The normalized spacial score (nSPS) is 11.0. The molecule has 0 amide bonds. The minimum absolute atomic E-state index is 0.0955. The van der Waals surface area contributed by atoms with Gasteiger partial charge in [0, 0.05) is 15.4 Å². The molecule has 0 saturated carbocycles. The highest BCUT2D eigenvalue weighted by Gasteiger charge is 2.16. The van der Waals surface area contributed by atoms with E-state index in [1.807, 2.05) is 91.0 Å². The van der Waals surface area contributed by atoms with Crippen molar-refractivity contribution in [2.24, 2.45) is 0 Å². The molecule has 0 unspecified atom stereocenters. The Bertz CT molecular complexity index is 1440. The van der Waals surface area contributed by atoms with Gasteiger partial charge in [0.25, 0.3) is 0 Å². The molecule has 4 heteroatoms. The first-order valence-corrected chi connectivity index (χ1v) is 10.7. The van der Waals surface area contributed by atoms with Gasteiger partial charge in [0.2, 0.25) is 5.78 Å². The molecule has 0 aliphatic rings. The van der Waals surface area contributed by atoms with Gasteiger partial charge in [-0.15, -0.1) is 0 Å². The molecule has 150 valence electrons. The van der Waals surface area contributed by atoms with Crippen LogP contribution in [-0.2, 0) is 0 Å². The van der Waals surface area contributed by atoms with Gasteiger partial charge < -0.3 is 4.74 Å². The van der Waals surface area contributed by atoms with Crippen molar-refractivity contribution in [2.75, 3.05) is 7.11 Å². The van der Waals surface area contributed by atoms with Crippen molar-refractivity contribution in [2.45, 2.75) is 0 Å². The lowest BCUT2D eigenvalue weighted by atomic mass is 9.97. The number of hydrogen-bond acceptors (Lipinski definition) is 3. The summed E-state index contributed by atoms with van der Waals surface area (Å²) in [7, 11) is 1.64. The van der Waals surface area contributed by atoms with E-state index in [1.165, 1.54) is 0 Å². The molecule has 0 bridgehead atoms. The third kappa shape index (κ3) is 3.71. The lowest BCUT2D eigenvalue weighted by molar-refractivity contribution is 0.103. The molecule has 3 nitrogen and oxygen atoms in total. The highest BCUT2D eigenvalue weighted by Crippen LogP contribution is 2.32. The molecule has 5 rings (SSSR count). The van der Waals surface area contributed by atoms with Crippen molar-refractivity contribution < 1.29 is 9.53 Å². The Morgan fingerprint density at radius 3 is 2.39 bits per heavy atom. The number of aromatic nitrogens is 1. The maximum absolute atomic E-state index is 13.4. The fraction of sp³-hybridized carbons (Fsp3) is 0.0370. The molecule has 5 aromatic rings. The molecular weight excluding hydrogens is 450 g/mol. The number of hydrogen-bond donors (Lipinski definition) is 0. The molecule has 0 spiro atoms. The summed E-state index contributed by atoms with van der Waals surface area (Å²) in [5, 5.41) is 3.08. The van der Waals surface area contributed by atoms with Gasteiger partial charge in [-0.2, -0.15) is 0 Å². The predicted molar refractivity (Wildman–Crippen MR) is 129 cm³/mol. The van der Waals surface area contributed by atoms with Crippen molar-refractivity contribution >= 4 is 43.4 Å². The number of benzene rings is 4. The molecular formula is C27H18BrNO2. The Morgan fingerprint density at radius 1 is 0.839 bits per heavy atom. The standard InChI is InChI=1S/C27H18BrNO2/c1-31-22-12-13-25-24(15-22)23(18-8-10-21(28)11-9-18)16-26(29-25)27(30)20-7-6-17-4-2-3-5-19(17)14-20/h2-16H,1H3. The zero-order valence-electron chi connectivity index (χ0n) is 16.8. The second-order valence-electron chi connectivity index (χ2n) is 7.34. The number of ketones is 1. The lowest BCUT2D eigenvalue weighted by Gasteiger charge is -2.12. The summed E-state index contributed by atoms with van der Waals surface area (Å²) in [6.07, 6.45) is 0. The van der Waals surface area contributed by atoms with Crippen LogP contribution >= 0.6 is 15.9 Å². The van der Waals surface area contributed by atoms with Crippen LogP contribution in [0.1, 0.15) is 16.1 Å². The van der Waals surface area contributed by atoms with Crippen LogP contribution in [-0.4, -0.2) is 17.9 Å². The molecule has 4 aromatic carbocycles. The first kappa shape index (κ1) is 19.5. The van der Waals surface area contributed by atoms with Crippen molar-refractivity contribution in [3.63, 3.8) is 0 Å². The maximum Gasteiger partial charge on any atom is 0.211 e. The zero-order valence-corrected chi connectivity index (χ0v) is 18.4. The third-order valence-electron chi connectivity index (χ3n) is 5.42. The van der Waals surface area contributed by atoms with E-state index in [1.54, 1.807) is 7.11 Å². The molecule has 1 aromatic heterocycles. The van der Waals surface area contributed by atoms with Gasteiger partial charge in [0.05, 0.1) is 12.6 Å². The number of rotatable bonds is 4. The molecule has 0 radical (unpaired) electrons. The van der Waals surface area contributed by atoms with Crippen LogP contribution in [0, 0.1) is 0 Å². The summed E-state index contributed by atoms with van der Waals surface area (Å²) < 4.78 is 6.42. The van der Waals surface area contributed by atoms with E-state index in [9.17, 15) is 4.79 Å². The molecule has 0 fully saturated rings. The predicted octanol–water partition coefficient (Wildman–Crippen LogP) is 7.06. The average molecular weight is 468 g/mol. The van der Waals surface area contributed by atoms with Crippen LogP contribution in [0.15, 0.2) is 95.5 Å². The van der Waals surface area contributed by atoms with Crippen LogP contribution < -0.4 is 4.74 Å². The van der Waals surface area contributed by atoms with Gasteiger partial charge in [-0.3, -0.25) is 4.79 Å². The molecule has 31 heavy (non-hydrogen) atoms. The highest BCUT2D eigenvalue weighted by molar-refractivity contribution is 9.10. The number of carbonyl (C=O) groups is 1. The Labute approximate surface area is 188 Å². The van der Waals surface area contributed by atoms with Gasteiger partial charge in [-0.1, -0.05) is 64.5 Å². The summed E-state index contributed by atoms with van der Waals surface area (Å²) in [4.78, 5) is 18.1. The number of fused-ring (bicyclic) bond motifs is 2. The Morgan fingerprint density at radius 2 is 1.61 bits per heavy atom. The quantitative estimate of drug-likeness (QED) is 0.265. The summed E-state index contributed by atoms with van der Waals surface area (Å²) in [5.41, 5.74) is 3.76. The molecule has 0 saturated heterocycles. The van der Waals surface area contributed by atoms with E-state index in [4.69, 9.17) is 9.72 Å². The van der Waals surface area contributed by atoms with Crippen molar-refractivity contribution in [3.8, 4) is 16.9 Å². The number of nitrogens with zero attached hydrogens (tertiary/aromatic N) is 1. The van der Waals surface area contributed by atoms with Crippen LogP contribution in [0.4, 0.5) is 0 Å². The number of halogens is 1. The maximum atomic E-state index is 13.4. The fourth-order valence-electron chi connectivity index (χ4n) is 3.79. The minimum atomic E-state index is -0.0955. The Kier molecular flexibility index (Phi) is 5.00. The minimum Gasteiger partial charge on any atom is -0.497 e. The molecule has 0 aliphatic carbocycles. The van der Waals surface area contributed by atoms with Gasteiger partial charge in [0.15, 0.2) is 0 Å². The van der Waals surface area contributed by atoms with E-state index in [0.29, 0.717) is 11.3 Å². The monoisotopic (exact) mass is 467 g/mol. The van der Waals surface area contributed by atoms with Crippen LogP contribution in [0.5, 0.6) is 5.75 Å². The third-order valence-corrected chi connectivity index (χ3v) is 5.94.